The van der Waals surface area contributed by atoms with Crippen molar-refractivity contribution in [3.63, 3.8) is 0 Å². The van der Waals surface area contributed by atoms with E-state index in [2.05, 4.69) is 25.3 Å². The van der Waals surface area contributed by atoms with E-state index < -0.39 is 29.2 Å². The van der Waals surface area contributed by atoms with Crippen molar-refractivity contribution in [2.75, 3.05) is 0 Å². The summed E-state index contributed by atoms with van der Waals surface area (Å²) in [5.74, 6) is -0.585. The number of carbonyl (C=O) groups excluding carboxylic acids is 1. The quantitative estimate of drug-likeness (QED) is 0.670. The summed E-state index contributed by atoms with van der Waals surface area (Å²) >= 11 is 5.95. The molecule has 0 fully saturated rings. The van der Waals surface area contributed by atoms with E-state index in [1.807, 2.05) is 0 Å². The van der Waals surface area contributed by atoms with E-state index in [9.17, 15) is 22.8 Å². The largest absolute Gasteiger partial charge is 0.416 e. The summed E-state index contributed by atoms with van der Waals surface area (Å²) in [7, 11) is 0. The molecular formula is C18H13ClF3N5O2. The molecule has 150 valence electrons. The maximum absolute atomic E-state index is 12.8. The fourth-order valence-electron chi connectivity index (χ4n) is 2.50. The standard InChI is InChI=1S/C18H13ClF3N5O2/c1-9(11-4-3-10(7-12(11)19)18(20,21)22)25-17(29)13-8-14(28)27-16(26-13)15-23-5-2-6-24-15/h2-9H,1H3,(H,25,29)(H,26,27,28). The fourth-order valence-corrected chi connectivity index (χ4v) is 2.85. The van der Waals surface area contributed by atoms with Crippen molar-refractivity contribution in [2.45, 2.75) is 19.1 Å². The molecule has 2 heterocycles. The molecule has 0 radical (unpaired) electrons. The molecule has 1 unspecified atom stereocenters. The zero-order chi connectivity index (χ0) is 21.2. The summed E-state index contributed by atoms with van der Waals surface area (Å²) in [5.41, 5.74) is -1.41. The lowest BCUT2D eigenvalue weighted by Crippen LogP contribution is -2.29. The third-order valence-electron chi connectivity index (χ3n) is 3.89. The third kappa shape index (κ3) is 4.77. The van der Waals surface area contributed by atoms with Crippen molar-refractivity contribution in [1.29, 1.82) is 0 Å². The molecule has 11 heteroatoms. The number of nitrogens with one attached hydrogen (secondary N) is 2. The Balaban J connectivity index is 1.84. The minimum Gasteiger partial charge on any atom is -0.344 e. The lowest BCUT2D eigenvalue weighted by atomic mass is 10.1. The van der Waals surface area contributed by atoms with Gasteiger partial charge in [-0.25, -0.2) is 15.0 Å². The molecule has 0 aliphatic rings. The van der Waals surface area contributed by atoms with Gasteiger partial charge < -0.3 is 10.3 Å². The Morgan fingerprint density at radius 2 is 1.90 bits per heavy atom. The number of hydrogen-bond acceptors (Lipinski definition) is 5. The zero-order valence-corrected chi connectivity index (χ0v) is 15.5. The van der Waals surface area contributed by atoms with Gasteiger partial charge in [-0.2, -0.15) is 13.2 Å². The number of nitrogens with zero attached hydrogens (tertiary/aromatic N) is 3. The van der Waals surface area contributed by atoms with E-state index in [1.165, 1.54) is 18.5 Å². The molecule has 7 nitrogen and oxygen atoms in total. The summed E-state index contributed by atoms with van der Waals surface area (Å²) in [6, 6.07) is 4.67. The molecule has 0 saturated carbocycles. The zero-order valence-electron chi connectivity index (χ0n) is 14.8. The van der Waals surface area contributed by atoms with Crippen molar-refractivity contribution in [3.8, 4) is 11.6 Å². The van der Waals surface area contributed by atoms with Crippen LogP contribution in [0.4, 0.5) is 13.2 Å². The second-order valence-corrected chi connectivity index (χ2v) is 6.39. The molecule has 1 atom stereocenters. The summed E-state index contributed by atoms with van der Waals surface area (Å²) in [4.78, 5) is 38.8. The van der Waals surface area contributed by atoms with Gasteiger partial charge in [0.25, 0.3) is 11.5 Å². The molecular weight excluding hydrogens is 411 g/mol. The number of aromatic nitrogens is 4. The van der Waals surface area contributed by atoms with Crippen LogP contribution in [-0.2, 0) is 6.18 Å². The second kappa shape index (κ2) is 8.00. The van der Waals surface area contributed by atoms with Gasteiger partial charge in [-0.3, -0.25) is 9.59 Å². The number of hydrogen-bond donors (Lipinski definition) is 2. The van der Waals surface area contributed by atoms with Gasteiger partial charge in [0, 0.05) is 23.5 Å². The van der Waals surface area contributed by atoms with Gasteiger partial charge in [0.1, 0.15) is 5.69 Å². The lowest BCUT2D eigenvalue weighted by molar-refractivity contribution is -0.137. The van der Waals surface area contributed by atoms with Crippen molar-refractivity contribution < 1.29 is 18.0 Å². The number of carbonyl (C=O) groups is 1. The Kier molecular flexibility index (Phi) is 5.64. The Hall–Kier alpha value is -3.27. The first-order valence-electron chi connectivity index (χ1n) is 8.21. The van der Waals surface area contributed by atoms with E-state index in [4.69, 9.17) is 11.6 Å². The number of rotatable bonds is 4. The van der Waals surface area contributed by atoms with E-state index in [0.29, 0.717) is 0 Å². The van der Waals surface area contributed by atoms with Crippen LogP contribution >= 0.6 is 11.6 Å². The summed E-state index contributed by atoms with van der Waals surface area (Å²) in [5, 5.41) is 2.41. The maximum atomic E-state index is 12.8. The van der Waals surface area contributed by atoms with Crippen LogP contribution in [0.5, 0.6) is 0 Å². The molecule has 0 spiro atoms. The first-order chi connectivity index (χ1) is 13.6. The van der Waals surface area contributed by atoms with Crippen LogP contribution in [0.3, 0.4) is 0 Å². The smallest absolute Gasteiger partial charge is 0.344 e. The fraction of sp³-hybridized carbons (Fsp3) is 0.167. The molecule has 0 saturated heterocycles. The Morgan fingerprint density at radius 1 is 1.21 bits per heavy atom. The first kappa shape index (κ1) is 20.5. The van der Waals surface area contributed by atoms with Crippen LogP contribution in [0.2, 0.25) is 5.02 Å². The molecule has 0 aliphatic carbocycles. The average molecular weight is 424 g/mol. The maximum Gasteiger partial charge on any atom is 0.416 e. The third-order valence-corrected chi connectivity index (χ3v) is 4.22. The van der Waals surface area contributed by atoms with Crippen LogP contribution in [0, 0.1) is 0 Å². The van der Waals surface area contributed by atoms with Crippen LogP contribution < -0.4 is 10.9 Å². The molecule has 2 aromatic heterocycles. The highest BCUT2D eigenvalue weighted by Crippen LogP contribution is 2.33. The van der Waals surface area contributed by atoms with Crippen LogP contribution in [0.1, 0.15) is 34.6 Å². The monoisotopic (exact) mass is 423 g/mol. The minimum atomic E-state index is -4.53. The van der Waals surface area contributed by atoms with Gasteiger partial charge in [-0.1, -0.05) is 17.7 Å². The number of halogens is 4. The van der Waals surface area contributed by atoms with Gasteiger partial charge in [0.2, 0.25) is 0 Å². The summed E-state index contributed by atoms with van der Waals surface area (Å²) < 4.78 is 38.3. The van der Waals surface area contributed by atoms with E-state index in [0.717, 1.165) is 18.2 Å². The summed E-state index contributed by atoms with van der Waals surface area (Å²) in [6.45, 7) is 1.54. The van der Waals surface area contributed by atoms with E-state index in [1.54, 1.807) is 13.0 Å². The molecule has 1 amide bonds. The minimum absolute atomic E-state index is 0.00321. The number of amides is 1. The SMILES string of the molecule is CC(NC(=O)c1cc(=O)[nH]c(-c2ncccn2)n1)c1ccc(C(F)(F)F)cc1Cl. The lowest BCUT2D eigenvalue weighted by Gasteiger charge is -2.17. The van der Waals surface area contributed by atoms with E-state index in [-0.39, 0.29) is 27.9 Å². The molecule has 3 aromatic rings. The van der Waals surface area contributed by atoms with Gasteiger partial charge in [0.15, 0.2) is 11.6 Å². The van der Waals surface area contributed by atoms with Gasteiger partial charge in [-0.05, 0) is 30.7 Å². The topological polar surface area (TPSA) is 101 Å². The highest BCUT2D eigenvalue weighted by Gasteiger charge is 2.31. The number of H-pyrrole nitrogens is 1. The first-order valence-corrected chi connectivity index (χ1v) is 8.59. The number of benzene rings is 1. The molecule has 3 rings (SSSR count). The van der Waals surface area contributed by atoms with Crippen LogP contribution in [0.25, 0.3) is 11.6 Å². The highest BCUT2D eigenvalue weighted by atomic mass is 35.5. The Morgan fingerprint density at radius 3 is 2.52 bits per heavy atom. The number of aromatic amines is 1. The molecule has 29 heavy (non-hydrogen) atoms. The van der Waals surface area contributed by atoms with Crippen LogP contribution in [-0.4, -0.2) is 25.8 Å². The second-order valence-electron chi connectivity index (χ2n) is 5.98. The normalized spacial score (nSPS) is 12.4. The van der Waals surface area contributed by atoms with Crippen molar-refractivity contribution >= 4 is 17.5 Å². The highest BCUT2D eigenvalue weighted by molar-refractivity contribution is 6.31. The van der Waals surface area contributed by atoms with Crippen molar-refractivity contribution in [3.05, 3.63) is 74.9 Å². The summed E-state index contributed by atoms with van der Waals surface area (Å²) in [6.07, 6.45) is -1.63. The average Bonchev–Trinajstić information content (AvgIpc) is 2.67. The molecule has 1 aromatic carbocycles. The van der Waals surface area contributed by atoms with E-state index >= 15 is 0 Å². The van der Waals surface area contributed by atoms with Crippen molar-refractivity contribution in [2.24, 2.45) is 0 Å². The van der Waals surface area contributed by atoms with Crippen molar-refractivity contribution in [1.82, 2.24) is 25.3 Å². The molecule has 2 N–H and O–H groups in total. The number of alkyl halides is 3. The predicted octanol–water partition coefficient (Wildman–Crippen LogP) is 3.39. The molecule has 0 aliphatic heterocycles. The predicted molar refractivity (Wildman–Crippen MR) is 98.2 cm³/mol. The van der Waals surface area contributed by atoms with Gasteiger partial charge in [-0.15, -0.1) is 0 Å². The molecule has 0 bridgehead atoms. The van der Waals surface area contributed by atoms with Gasteiger partial charge >= 0.3 is 6.18 Å². The van der Waals surface area contributed by atoms with Gasteiger partial charge in [0.05, 0.1) is 11.6 Å². The Bertz CT molecular complexity index is 1100. The Labute approximate surface area is 167 Å². The van der Waals surface area contributed by atoms with Crippen LogP contribution in [0.15, 0.2) is 47.5 Å².